The van der Waals surface area contributed by atoms with E-state index in [1.165, 1.54) is 23.6 Å². The summed E-state index contributed by atoms with van der Waals surface area (Å²) in [6.07, 6.45) is 2.36. The highest BCUT2D eigenvalue weighted by Crippen LogP contribution is 2.33. The molecule has 108 valence electrons. The fraction of sp³-hybridized carbons (Fsp3) is 0.667. The zero-order valence-electron chi connectivity index (χ0n) is 12.0. The number of rotatable bonds is 1. The highest BCUT2D eigenvalue weighted by Gasteiger charge is 2.44. The first kappa shape index (κ1) is 12.8. The molecule has 20 heavy (non-hydrogen) atoms. The number of likely N-dealkylation sites (N-methyl/N-ethyl adjacent to an activating group) is 1. The van der Waals surface area contributed by atoms with Crippen molar-refractivity contribution >= 4 is 17.2 Å². The van der Waals surface area contributed by atoms with Gasteiger partial charge in [-0.25, -0.2) is 0 Å². The smallest absolute Gasteiger partial charge is 0.0962 e. The Kier molecular flexibility index (Phi) is 3.09. The van der Waals surface area contributed by atoms with Gasteiger partial charge in [0.1, 0.15) is 0 Å². The van der Waals surface area contributed by atoms with E-state index in [1.54, 1.807) is 0 Å². The van der Waals surface area contributed by atoms with E-state index in [9.17, 15) is 0 Å². The minimum Gasteiger partial charge on any atom is -0.358 e. The Morgan fingerprint density at radius 3 is 3.05 bits per heavy atom. The molecule has 3 heterocycles. The van der Waals surface area contributed by atoms with Crippen LogP contribution in [-0.4, -0.2) is 48.5 Å². The molecule has 0 amide bonds. The Morgan fingerprint density at radius 2 is 2.25 bits per heavy atom. The van der Waals surface area contributed by atoms with Crippen molar-refractivity contribution in [2.24, 2.45) is 4.99 Å². The van der Waals surface area contributed by atoms with Gasteiger partial charge in [-0.3, -0.25) is 4.99 Å². The van der Waals surface area contributed by atoms with Gasteiger partial charge in [0.15, 0.2) is 0 Å². The summed E-state index contributed by atoms with van der Waals surface area (Å²) in [5.74, 6) is 1.20. The topological polar surface area (TPSA) is 39.7 Å². The van der Waals surface area contributed by atoms with Crippen LogP contribution < -0.4 is 10.6 Å². The first-order valence-electron chi connectivity index (χ1n) is 7.52. The Labute approximate surface area is 124 Å². The number of fused-ring (bicyclic) bond motifs is 2. The third kappa shape index (κ3) is 2.00. The predicted octanol–water partition coefficient (Wildman–Crippen LogP) is 1.61. The Bertz CT molecular complexity index is 512. The van der Waals surface area contributed by atoms with Crippen LogP contribution in [0.15, 0.2) is 22.5 Å². The summed E-state index contributed by atoms with van der Waals surface area (Å²) in [6.45, 7) is 3.18. The molecule has 1 aromatic heterocycles. The molecule has 5 atom stereocenters. The third-order valence-corrected chi connectivity index (χ3v) is 6.15. The van der Waals surface area contributed by atoms with Gasteiger partial charge in [0.05, 0.1) is 24.0 Å². The van der Waals surface area contributed by atoms with E-state index in [2.05, 4.69) is 47.0 Å². The van der Waals surface area contributed by atoms with Gasteiger partial charge in [-0.05, 0) is 31.2 Å². The molecule has 1 aromatic rings. The molecule has 0 radical (unpaired) electrons. The molecule has 1 saturated carbocycles. The van der Waals surface area contributed by atoms with Crippen LogP contribution in [0, 0.1) is 0 Å². The number of amidine groups is 1. The second-order valence-corrected chi connectivity index (χ2v) is 7.23. The van der Waals surface area contributed by atoms with Crippen LogP contribution in [0.1, 0.15) is 30.7 Å². The first-order chi connectivity index (χ1) is 9.72. The van der Waals surface area contributed by atoms with Crippen molar-refractivity contribution in [3.8, 4) is 0 Å². The molecule has 2 N–H and O–H groups in total. The van der Waals surface area contributed by atoms with Crippen molar-refractivity contribution in [2.75, 3.05) is 13.6 Å². The second-order valence-electron chi connectivity index (χ2n) is 6.25. The molecule has 0 aromatic carbocycles. The van der Waals surface area contributed by atoms with E-state index >= 15 is 0 Å². The highest BCUT2D eigenvalue weighted by molar-refractivity contribution is 7.10. The molecule has 4 rings (SSSR count). The molecule has 1 aliphatic carbocycles. The van der Waals surface area contributed by atoms with Crippen LogP contribution in [0.2, 0.25) is 0 Å². The molecule has 5 heteroatoms. The average molecular weight is 290 g/mol. The number of thiophene rings is 1. The number of piperazine rings is 1. The molecular formula is C15H22N4S. The number of aliphatic imine (C=N–C) groups is 1. The van der Waals surface area contributed by atoms with Crippen LogP contribution in [0.25, 0.3) is 0 Å². The van der Waals surface area contributed by atoms with Gasteiger partial charge in [-0.15, -0.1) is 11.3 Å². The van der Waals surface area contributed by atoms with Crippen molar-refractivity contribution in [3.05, 3.63) is 22.4 Å². The van der Waals surface area contributed by atoms with Crippen LogP contribution in [0.3, 0.4) is 0 Å². The third-order valence-electron chi connectivity index (χ3n) is 5.17. The zero-order chi connectivity index (χ0) is 13.7. The molecule has 2 aliphatic heterocycles. The Hall–Kier alpha value is -0.910. The highest BCUT2D eigenvalue weighted by atomic mass is 32.1. The van der Waals surface area contributed by atoms with Gasteiger partial charge >= 0.3 is 0 Å². The second kappa shape index (κ2) is 4.83. The molecule has 5 unspecified atom stereocenters. The molecule has 4 nitrogen and oxygen atoms in total. The maximum Gasteiger partial charge on any atom is 0.0962 e. The summed E-state index contributed by atoms with van der Waals surface area (Å²) in [6, 6.07) is 7.09. The average Bonchev–Trinajstić information content (AvgIpc) is 3.07. The number of hydrogen-bond acceptors (Lipinski definition) is 5. The number of nitrogens with one attached hydrogen (secondary N) is 2. The molecule has 0 spiro atoms. The van der Waals surface area contributed by atoms with Crippen molar-refractivity contribution in [1.29, 1.82) is 0 Å². The van der Waals surface area contributed by atoms with Gasteiger partial charge < -0.3 is 15.5 Å². The zero-order valence-corrected chi connectivity index (χ0v) is 12.9. The fourth-order valence-corrected chi connectivity index (χ4v) is 4.74. The lowest BCUT2D eigenvalue weighted by molar-refractivity contribution is 0.153. The van der Waals surface area contributed by atoms with E-state index in [0.717, 1.165) is 6.54 Å². The normalized spacial score (nSPS) is 40.2. The van der Waals surface area contributed by atoms with E-state index < -0.39 is 0 Å². The fourth-order valence-electron chi connectivity index (χ4n) is 3.96. The van der Waals surface area contributed by atoms with Crippen LogP contribution in [0.5, 0.6) is 0 Å². The summed E-state index contributed by atoms with van der Waals surface area (Å²) in [5.41, 5.74) is 0. The van der Waals surface area contributed by atoms with Crippen molar-refractivity contribution in [2.45, 2.75) is 50.0 Å². The van der Waals surface area contributed by atoms with E-state index in [4.69, 9.17) is 4.99 Å². The SMILES string of the molecule is CC1=NC2CC3NCC(c4cccs4)NC3CC2N1C. The number of hydrogen-bond donors (Lipinski definition) is 2. The molecule has 0 bridgehead atoms. The standard InChI is InChI=1S/C15H22N4S/c1-9-17-12-6-10-11(7-14(12)19(9)2)18-13(8-16-10)15-4-3-5-20-15/h3-5,10-14,16,18H,6-8H2,1-2H3. The Morgan fingerprint density at radius 1 is 1.35 bits per heavy atom. The van der Waals surface area contributed by atoms with E-state index in [-0.39, 0.29) is 0 Å². The van der Waals surface area contributed by atoms with Crippen molar-refractivity contribution in [1.82, 2.24) is 15.5 Å². The Balaban J connectivity index is 1.50. The van der Waals surface area contributed by atoms with Gasteiger partial charge in [0, 0.05) is 30.6 Å². The van der Waals surface area contributed by atoms with E-state index in [1.807, 2.05) is 11.3 Å². The van der Waals surface area contributed by atoms with Crippen molar-refractivity contribution in [3.63, 3.8) is 0 Å². The molecule has 1 saturated heterocycles. The lowest BCUT2D eigenvalue weighted by Gasteiger charge is -2.45. The monoisotopic (exact) mass is 290 g/mol. The summed E-state index contributed by atoms with van der Waals surface area (Å²) in [7, 11) is 2.19. The van der Waals surface area contributed by atoms with Crippen LogP contribution in [-0.2, 0) is 0 Å². The number of nitrogens with zero attached hydrogens (tertiary/aromatic N) is 2. The van der Waals surface area contributed by atoms with Gasteiger partial charge in [0.25, 0.3) is 0 Å². The largest absolute Gasteiger partial charge is 0.358 e. The van der Waals surface area contributed by atoms with Crippen LogP contribution >= 0.6 is 11.3 Å². The lowest BCUT2D eigenvalue weighted by Crippen LogP contribution is -2.63. The van der Waals surface area contributed by atoms with Gasteiger partial charge in [-0.2, -0.15) is 0 Å². The molecule has 3 aliphatic rings. The van der Waals surface area contributed by atoms with Crippen LogP contribution in [0.4, 0.5) is 0 Å². The first-order valence-corrected chi connectivity index (χ1v) is 8.40. The van der Waals surface area contributed by atoms with Gasteiger partial charge in [-0.1, -0.05) is 6.07 Å². The summed E-state index contributed by atoms with van der Waals surface area (Å²) in [5, 5.41) is 9.80. The van der Waals surface area contributed by atoms with Gasteiger partial charge in [0.2, 0.25) is 0 Å². The summed E-state index contributed by atoms with van der Waals surface area (Å²) >= 11 is 1.85. The maximum absolute atomic E-state index is 4.83. The summed E-state index contributed by atoms with van der Waals surface area (Å²) < 4.78 is 0. The maximum atomic E-state index is 4.83. The quantitative estimate of drug-likeness (QED) is 0.825. The molecular weight excluding hydrogens is 268 g/mol. The minimum absolute atomic E-state index is 0.474. The van der Waals surface area contributed by atoms with E-state index in [0.29, 0.717) is 30.2 Å². The predicted molar refractivity (Wildman–Crippen MR) is 83.5 cm³/mol. The van der Waals surface area contributed by atoms with Crippen molar-refractivity contribution < 1.29 is 0 Å². The molecule has 2 fully saturated rings. The minimum atomic E-state index is 0.474. The summed E-state index contributed by atoms with van der Waals surface area (Å²) in [4.78, 5) is 8.65. The lowest BCUT2D eigenvalue weighted by atomic mass is 9.81.